The number of ether oxygens (including phenoxy) is 1. The number of hydrogen-bond donors (Lipinski definition) is 2. The smallest absolute Gasteiger partial charge is 0.339 e. The SMILES string of the molecule is CCOCCCNCc1occc1C(=O)O. The lowest BCUT2D eigenvalue weighted by Crippen LogP contribution is -2.17. The van der Waals surface area contributed by atoms with E-state index in [0.717, 1.165) is 19.6 Å². The Morgan fingerprint density at radius 2 is 2.44 bits per heavy atom. The summed E-state index contributed by atoms with van der Waals surface area (Å²) < 4.78 is 10.3. The van der Waals surface area contributed by atoms with Crippen LogP contribution in [0.1, 0.15) is 29.5 Å². The fourth-order valence-electron chi connectivity index (χ4n) is 1.31. The molecule has 0 spiro atoms. The molecule has 0 saturated heterocycles. The summed E-state index contributed by atoms with van der Waals surface area (Å²) in [6, 6.07) is 1.46. The summed E-state index contributed by atoms with van der Waals surface area (Å²) in [6.45, 7) is 4.60. The minimum atomic E-state index is -0.958. The molecular formula is C11H17NO4. The molecule has 0 aromatic carbocycles. The molecule has 0 bridgehead atoms. The number of nitrogens with one attached hydrogen (secondary N) is 1. The van der Waals surface area contributed by atoms with Crippen molar-refractivity contribution in [3.05, 3.63) is 23.7 Å². The Hall–Kier alpha value is -1.33. The van der Waals surface area contributed by atoms with Gasteiger partial charge < -0.3 is 19.6 Å². The zero-order valence-electron chi connectivity index (χ0n) is 9.36. The molecule has 1 aromatic rings. The van der Waals surface area contributed by atoms with Crippen molar-refractivity contribution in [2.24, 2.45) is 0 Å². The second-order valence-corrected chi connectivity index (χ2v) is 3.29. The number of carbonyl (C=O) groups is 1. The van der Waals surface area contributed by atoms with Crippen LogP contribution in [0.2, 0.25) is 0 Å². The van der Waals surface area contributed by atoms with Gasteiger partial charge in [0, 0.05) is 13.2 Å². The second-order valence-electron chi connectivity index (χ2n) is 3.29. The maximum atomic E-state index is 10.7. The van der Waals surface area contributed by atoms with Crippen molar-refractivity contribution in [3.63, 3.8) is 0 Å². The van der Waals surface area contributed by atoms with Crippen molar-refractivity contribution < 1.29 is 19.1 Å². The van der Waals surface area contributed by atoms with Gasteiger partial charge in [-0.05, 0) is 26.0 Å². The van der Waals surface area contributed by atoms with Crippen molar-refractivity contribution in [2.75, 3.05) is 19.8 Å². The van der Waals surface area contributed by atoms with Crippen LogP contribution in [0.25, 0.3) is 0 Å². The molecule has 0 aliphatic heterocycles. The number of carboxylic acids is 1. The van der Waals surface area contributed by atoms with Gasteiger partial charge in [-0.15, -0.1) is 0 Å². The van der Waals surface area contributed by atoms with Crippen LogP contribution >= 0.6 is 0 Å². The highest BCUT2D eigenvalue weighted by atomic mass is 16.5. The number of carboxylic acid groups (broad SMARTS) is 1. The van der Waals surface area contributed by atoms with Gasteiger partial charge in [0.15, 0.2) is 0 Å². The molecule has 16 heavy (non-hydrogen) atoms. The van der Waals surface area contributed by atoms with E-state index >= 15 is 0 Å². The maximum Gasteiger partial charge on any atom is 0.339 e. The van der Waals surface area contributed by atoms with E-state index in [-0.39, 0.29) is 5.56 Å². The van der Waals surface area contributed by atoms with Gasteiger partial charge in [0.25, 0.3) is 0 Å². The van der Waals surface area contributed by atoms with Gasteiger partial charge in [0.1, 0.15) is 11.3 Å². The van der Waals surface area contributed by atoms with Gasteiger partial charge >= 0.3 is 5.97 Å². The van der Waals surface area contributed by atoms with Gasteiger partial charge in [0.2, 0.25) is 0 Å². The van der Waals surface area contributed by atoms with E-state index in [1.54, 1.807) is 0 Å². The van der Waals surface area contributed by atoms with Crippen LogP contribution < -0.4 is 5.32 Å². The summed E-state index contributed by atoms with van der Waals surface area (Å²) in [5.41, 5.74) is 0.220. The molecule has 0 atom stereocenters. The van der Waals surface area contributed by atoms with Crippen LogP contribution in [0.4, 0.5) is 0 Å². The molecular weight excluding hydrogens is 210 g/mol. The monoisotopic (exact) mass is 227 g/mol. The van der Waals surface area contributed by atoms with Crippen molar-refractivity contribution in [2.45, 2.75) is 19.9 Å². The summed E-state index contributed by atoms with van der Waals surface area (Å²) in [7, 11) is 0. The van der Waals surface area contributed by atoms with Crippen LogP contribution in [-0.2, 0) is 11.3 Å². The Labute approximate surface area is 94.4 Å². The summed E-state index contributed by atoms with van der Waals surface area (Å²) in [5.74, 6) is -0.497. The highest BCUT2D eigenvalue weighted by Gasteiger charge is 2.12. The first-order chi connectivity index (χ1) is 7.75. The van der Waals surface area contributed by atoms with E-state index in [4.69, 9.17) is 14.3 Å². The Morgan fingerprint density at radius 1 is 1.62 bits per heavy atom. The predicted octanol–water partition coefficient (Wildman–Crippen LogP) is 1.49. The molecule has 1 heterocycles. The van der Waals surface area contributed by atoms with Gasteiger partial charge in [-0.25, -0.2) is 4.79 Å². The highest BCUT2D eigenvalue weighted by molar-refractivity contribution is 5.88. The minimum absolute atomic E-state index is 0.220. The number of rotatable bonds is 8. The Balaban J connectivity index is 2.21. The zero-order chi connectivity index (χ0) is 11.8. The standard InChI is InChI=1S/C11H17NO4/c1-2-15-6-3-5-12-8-10-9(11(13)14)4-7-16-10/h4,7,12H,2-3,5-6,8H2,1H3,(H,13,14). The normalized spacial score (nSPS) is 10.6. The molecule has 0 fully saturated rings. The van der Waals surface area contributed by atoms with E-state index in [2.05, 4.69) is 5.32 Å². The molecule has 2 N–H and O–H groups in total. The summed E-state index contributed by atoms with van der Waals surface area (Å²) in [4.78, 5) is 10.7. The van der Waals surface area contributed by atoms with Gasteiger partial charge in [-0.1, -0.05) is 0 Å². The fourth-order valence-corrected chi connectivity index (χ4v) is 1.31. The maximum absolute atomic E-state index is 10.7. The summed E-state index contributed by atoms with van der Waals surface area (Å²) >= 11 is 0. The molecule has 5 heteroatoms. The van der Waals surface area contributed by atoms with Gasteiger partial charge in [-0.2, -0.15) is 0 Å². The molecule has 0 amide bonds. The third-order valence-electron chi connectivity index (χ3n) is 2.11. The summed E-state index contributed by atoms with van der Waals surface area (Å²) in [5, 5.41) is 11.9. The fraction of sp³-hybridized carbons (Fsp3) is 0.545. The first kappa shape index (κ1) is 12.7. The number of furan rings is 1. The van der Waals surface area contributed by atoms with Crippen molar-refractivity contribution >= 4 is 5.97 Å². The first-order valence-corrected chi connectivity index (χ1v) is 5.33. The largest absolute Gasteiger partial charge is 0.478 e. The average molecular weight is 227 g/mol. The Morgan fingerprint density at radius 3 is 3.12 bits per heavy atom. The van der Waals surface area contributed by atoms with Crippen LogP contribution in [0.5, 0.6) is 0 Å². The van der Waals surface area contributed by atoms with Crippen LogP contribution in [0.15, 0.2) is 16.7 Å². The summed E-state index contributed by atoms with van der Waals surface area (Å²) in [6.07, 6.45) is 2.29. The highest BCUT2D eigenvalue weighted by Crippen LogP contribution is 2.09. The number of hydrogen-bond acceptors (Lipinski definition) is 4. The van der Waals surface area contributed by atoms with E-state index in [1.807, 2.05) is 6.92 Å². The molecule has 0 aliphatic rings. The van der Waals surface area contributed by atoms with E-state index < -0.39 is 5.97 Å². The Kier molecular flexibility index (Phi) is 5.60. The lowest BCUT2D eigenvalue weighted by molar-refractivity contribution is 0.0694. The predicted molar refractivity (Wildman–Crippen MR) is 58.5 cm³/mol. The third-order valence-corrected chi connectivity index (χ3v) is 2.11. The lowest BCUT2D eigenvalue weighted by Gasteiger charge is -2.03. The molecule has 1 rings (SSSR count). The molecule has 0 radical (unpaired) electrons. The molecule has 5 nitrogen and oxygen atoms in total. The van der Waals surface area contributed by atoms with Crippen LogP contribution in [0, 0.1) is 0 Å². The number of aromatic carboxylic acids is 1. The molecule has 0 saturated carbocycles. The van der Waals surface area contributed by atoms with Gasteiger partial charge in [-0.3, -0.25) is 0 Å². The van der Waals surface area contributed by atoms with E-state index in [0.29, 0.717) is 18.9 Å². The van der Waals surface area contributed by atoms with Crippen molar-refractivity contribution in [1.82, 2.24) is 5.32 Å². The zero-order valence-corrected chi connectivity index (χ0v) is 9.36. The van der Waals surface area contributed by atoms with Crippen LogP contribution in [0.3, 0.4) is 0 Å². The topological polar surface area (TPSA) is 71.7 Å². The lowest BCUT2D eigenvalue weighted by atomic mass is 10.2. The third kappa shape index (κ3) is 4.04. The van der Waals surface area contributed by atoms with Crippen molar-refractivity contribution in [1.29, 1.82) is 0 Å². The van der Waals surface area contributed by atoms with Crippen molar-refractivity contribution in [3.8, 4) is 0 Å². The van der Waals surface area contributed by atoms with Gasteiger partial charge in [0.05, 0.1) is 12.8 Å². The van der Waals surface area contributed by atoms with E-state index in [9.17, 15) is 4.79 Å². The van der Waals surface area contributed by atoms with E-state index in [1.165, 1.54) is 12.3 Å². The minimum Gasteiger partial charge on any atom is -0.478 e. The first-order valence-electron chi connectivity index (χ1n) is 5.33. The Bertz CT molecular complexity index is 322. The molecule has 0 unspecified atom stereocenters. The second kappa shape index (κ2) is 7.03. The molecule has 0 aliphatic carbocycles. The average Bonchev–Trinajstić information content (AvgIpc) is 2.71. The molecule has 1 aromatic heterocycles. The molecule has 90 valence electrons. The quantitative estimate of drug-likeness (QED) is 0.658. The van der Waals surface area contributed by atoms with Crippen LogP contribution in [-0.4, -0.2) is 30.8 Å².